The molecule has 2 aromatic heterocycles. The van der Waals surface area contributed by atoms with Crippen LogP contribution in [0.1, 0.15) is 30.9 Å². The molecule has 0 spiro atoms. The van der Waals surface area contributed by atoms with Crippen LogP contribution in [0.15, 0.2) is 66.2 Å². The van der Waals surface area contributed by atoms with Crippen LogP contribution >= 0.6 is 0 Å². The Balaban J connectivity index is 1.73. The topological polar surface area (TPSA) is 87.8 Å². The van der Waals surface area contributed by atoms with Crippen molar-refractivity contribution in [2.75, 3.05) is 14.2 Å². The highest BCUT2D eigenvalue weighted by Crippen LogP contribution is 2.44. The summed E-state index contributed by atoms with van der Waals surface area (Å²) in [5.74, 6) is 2.23. The molecule has 0 aliphatic carbocycles. The molecule has 1 aliphatic rings. The van der Waals surface area contributed by atoms with Crippen molar-refractivity contribution in [3.8, 4) is 28.8 Å². The average molecular weight is 442 g/mol. The van der Waals surface area contributed by atoms with Gasteiger partial charge in [0.1, 0.15) is 12.1 Å². The second-order valence-corrected chi connectivity index (χ2v) is 7.71. The van der Waals surface area contributed by atoms with Gasteiger partial charge in [0.2, 0.25) is 5.88 Å². The minimum absolute atomic E-state index is 0.0614. The van der Waals surface area contributed by atoms with Gasteiger partial charge in [-0.15, -0.1) is 5.10 Å². The molecule has 5 rings (SSSR count). The van der Waals surface area contributed by atoms with E-state index in [1.54, 1.807) is 38.9 Å². The van der Waals surface area contributed by atoms with E-state index in [9.17, 15) is 4.79 Å². The zero-order valence-corrected chi connectivity index (χ0v) is 18.7. The molecule has 4 aromatic rings. The lowest BCUT2D eigenvalue weighted by Crippen LogP contribution is -2.22. The van der Waals surface area contributed by atoms with E-state index in [0.717, 1.165) is 11.1 Å². The first-order chi connectivity index (χ1) is 16.0. The molecule has 0 amide bonds. The van der Waals surface area contributed by atoms with Gasteiger partial charge in [-0.2, -0.15) is 0 Å². The molecule has 2 aromatic carbocycles. The maximum Gasteiger partial charge on any atom is 0.228 e. The number of benzene rings is 2. The Hall–Kier alpha value is -4.20. The number of Topliss-reactive ketones (excluding diaryl/α,β-unsaturated/α-hetero) is 1. The van der Waals surface area contributed by atoms with Crippen LogP contribution in [-0.4, -0.2) is 39.6 Å². The van der Waals surface area contributed by atoms with Gasteiger partial charge >= 0.3 is 0 Å². The quantitative estimate of drug-likeness (QED) is 0.458. The number of ether oxygens (including phenoxy) is 3. The largest absolute Gasteiger partial charge is 0.493 e. The SMILES string of the molecule is COc1ccc(-c2nc3c4c(ncn3n2)OC(C)=C(C(C)=O)[C@@H]4c2ccccc2)cc1OC. The molecule has 8 nitrogen and oxygen atoms in total. The number of nitrogens with zero attached hydrogens (tertiary/aromatic N) is 4. The van der Waals surface area contributed by atoms with E-state index in [4.69, 9.17) is 19.2 Å². The number of aromatic nitrogens is 4. The molecule has 166 valence electrons. The lowest BCUT2D eigenvalue weighted by molar-refractivity contribution is -0.114. The molecule has 0 fully saturated rings. The van der Waals surface area contributed by atoms with Crippen LogP contribution in [0.4, 0.5) is 0 Å². The van der Waals surface area contributed by atoms with Gasteiger partial charge in [-0.3, -0.25) is 4.79 Å². The van der Waals surface area contributed by atoms with Gasteiger partial charge < -0.3 is 14.2 Å². The van der Waals surface area contributed by atoms with Crippen molar-refractivity contribution in [2.45, 2.75) is 19.8 Å². The summed E-state index contributed by atoms with van der Waals surface area (Å²) in [6, 6.07) is 15.3. The maximum atomic E-state index is 12.7. The normalized spacial score (nSPS) is 15.2. The van der Waals surface area contributed by atoms with Gasteiger partial charge in [0, 0.05) is 17.1 Å². The third-order valence-corrected chi connectivity index (χ3v) is 5.75. The van der Waals surface area contributed by atoms with E-state index in [1.165, 1.54) is 0 Å². The predicted octanol–water partition coefficient (Wildman–Crippen LogP) is 4.20. The summed E-state index contributed by atoms with van der Waals surface area (Å²) in [7, 11) is 3.17. The molecule has 1 atom stereocenters. The molecule has 0 bridgehead atoms. The van der Waals surface area contributed by atoms with E-state index >= 15 is 0 Å². The van der Waals surface area contributed by atoms with E-state index < -0.39 is 0 Å². The first-order valence-corrected chi connectivity index (χ1v) is 10.4. The van der Waals surface area contributed by atoms with Crippen LogP contribution in [-0.2, 0) is 4.79 Å². The van der Waals surface area contributed by atoms with Crippen LogP contribution in [0.5, 0.6) is 17.4 Å². The van der Waals surface area contributed by atoms with Gasteiger partial charge in [-0.1, -0.05) is 30.3 Å². The molecule has 1 aliphatic heterocycles. The summed E-state index contributed by atoms with van der Waals surface area (Å²) in [4.78, 5) is 22.0. The van der Waals surface area contributed by atoms with E-state index in [-0.39, 0.29) is 11.7 Å². The number of ketones is 1. The van der Waals surface area contributed by atoms with Crippen molar-refractivity contribution < 1.29 is 19.0 Å². The lowest BCUT2D eigenvalue weighted by atomic mass is 9.82. The predicted molar refractivity (Wildman–Crippen MR) is 122 cm³/mol. The lowest BCUT2D eigenvalue weighted by Gasteiger charge is -2.28. The molecule has 0 N–H and O–H groups in total. The van der Waals surface area contributed by atoms with Crippen LogP contribution in [0.3, 0.4) is 0 Å². The Labute approximate surface area is 190 Å². The molecule has 0 unspecified atom stereocenters. The Bertz CT molecular complexity index is 1410. The second kappa shape index (κ2) is 8.05. The third kappa shape index (κ3) is 3.40. The molecule has 33 heavy (non-hydrogen) atoms. The highest BCUT2D eigenvalue weighted by molar-refractivity contribution is 5.97. The zero-order valence-electron chi connectivity index (χ0n) is 18.7. The number of hydrogen-bond acceptors (Lipinski definition) is 7. The summed E-state index contributed by atoms with van der Waals surface area (Å²) in [6.45, 7) is 3.34. The van der Waals surface area contributed by atoms with Gasteiger partial charge in [-0.05, 0) is 37.6 Å². The van der Waals surface area contributed by atoms with Crippen LogP contribution in [0.2, 0.25) is 0 Å². The Kier molecular flexibility index (Phi) is 5.05. The monoisotopic (exact) mass is 442 g/mol. The molecule has 3 heterocycles. The first kappa shape index (κ1) is 20.7. The van der Waals surface area contributed by atoms with Gasteiger partial charge in [0.25, 0.3) is 0 Å². The van der Waals surface area contributed by atoms with Crippen molar-refractivity contribution in [3.63, 3.8) is 0 Å². The summed E-state index contributed by atoms with van der Waals surface area (Å²) in [5.41, 5.74) is 3.58. The summed E-state index contributed by atoms with van der Waals surface area (Å²) in [6.07, 6.45) is 1.57. The Morgan fingerprint density at radius 2 is 1.82 bits per heavy atom. The summed E-state index contributed by atoms with van der Waals surface area (Å²) in [5, 5.41) is 4.63. The fourth-order valence-electron chi connectivity index (χ4n) is 4.27. The fraction of sp³-hybridized carbons (Fsp3) is 0.200. The Morgan fingerprint density at radius 1 is 1.06 bits per heavy atom. The van der Waals surface area contributed by atoms with Crippen LogP contribution in [0.25, 0.3) is 17.0 Å². The number of rotatable bonds is 5. The van der Waals surface area contributed by atoms with Gasteiger partial charge in [0.05, 0.1) is 19.8 Å². The zero-order chi connectivity index (χ0) is 23.1. The maximum absolute atomic E-state index is 12.7. The first-order valence-electron chi connectivity index (χ1n) is 10.4. The average Bonchev–Trinajstić information content (AvgIpc) is 3.27. The highest BCUT2D eigenvalue weighted by Gasteiger charge is 2.35. The third-order valence-electron chi connectivity index (χ3n) is 5.75. The van der Waals surface area contributed by atoms with E-state index in [0.29, 0.717) is 45.7 Å². The number of hydrogen-bond donors (Lipinski definition) is 0. The van der Waals surface area contributed by atoms with E-state index in [2.05, 4.69) is 10.1 Å². The van der Waals surface area contributed by atoms with Crippen molar-refractivity contribution >= 4 is 11.4 Å². The van der Waals surface area contributed by atoms with Gasteiger partial charge in [-0.25, -0.2) is 14.5 Å². The van der Waals surface area contributed by atoms with E-state index in [1.807, 2.05) is 48.5 Å². The molecule has 8 heteroatoms. The summed E-state index contributed by atoms with van der Waals surface area (Å²) < 4.78 is 18.4. The van der Waals surface area contributed by atoms with Crippen LogP contribution in [0, 0.1) is 0 Å². The smallest absolute Gasteiger partial charge is 0.228 e. The van der Waals surface area contributed by atoms with Crippen LogP contribution < -0.4 is 14.2 Å². The molecular formula is C25H22N4O4. The number of allylic oxidation sites excluding steroid dienone is 2. The minimum Gasteiger partial charge on any atom is -0.493 e. The second-order valence-electron chi connectivity index (χ2n) is 7.71. The van der Waals surface area contributed by atoms with Gasteiger partial charge in [0.15, 0.2) is 28.8 Å². The number of carbonyl (C=O) groups is 1. The van der Waals surface area contributed by atoms with Crippen molar-refractivity contribution in [1.82, 2.24) is 19.6 Å². The molecular weight excluding hydrogens is 420 g/mol. The number of methoxy groups -OCH3 is 2. The van der Waals surface area contributed by atoms with Crippen molar-refractivity contribution in [1.29, 1.82) is 0 Å². The van der Waals surface area contributed by atoms with Crippen molar-refractivity contribution in [2.24, 2.45) is 0 Å². The minimum atomic E-state index is -0.369. The molecule has 0 saturated heterocycles. The van der Waals surface area contributed by atoms with Crippen molar-refractivity contribution in [3.05, 3.63) is 77.3 Å². The summed E-state index contributed by atoms with van der Waals surface area (Å²) >= 11 is 0. The number of carbonyl (C=O) groups excluding carboxylic acids is 1. The fourth-order valence-corrected chi connectivity index (χ4v) is 4.27. The molecule has 0 saturated carbocycles. The number of fused-ring (bicyclic) bond motifs is 3. The molecule has 0 radical (unpaired) electrons. The standard InChI is InChI=1S/C25H22N4O4/c1-14(30)20-15(2)33-25-22(21(20)16-8-6-5-7-9-16)24-27-23(28-29(24)13-26-25)17-10-11-18(31-3)19(12-17)32-4/h5-13,21H,1-4H3/t21-/m0/s1. The Morgan fingerprint density at radius 3 is 2.52 bits per heavy atom. The highest BCUT2D eigenvalue weighted by atomic mass is 16.5.